The molecule has 1 aromatic carbocycles. The van der Waals surface area contributed by atoms with Crippen LogP contribution < -0.4 is 5.32 Å². The summed E-state index contributed by atoms with van der Waals surface area (Å²) in [5.41, 5.74) is 1.12. The number of thiazole rings is 1. The van der Waals surface area contributed by atoms with E-state index >= 15 is 0 Å². The van der Waals surface area contributed by atoms with E-state index in [4.69, 9.17) is 0 Å². The lowest BCUT2D eigenvalue weighted by molar-refractivity contribution is -0.137. The molecule has 2 nitrogen and oxygen atoms in total. The van der Waals surface area contributed by atoms with Gasteiger partial charge in [-0.1, -0.05) is 44.2 Å². The van der Waals surface area contributed by atoms with Crippen LogP contribution in [-0.4, -0.2) is 11.0 Å². The number of rotatable bonds is 4. The lowest BCUT2D eigenvalue weighted by Gasteiger charge is -2.07. The highest BCUT2D eigenvalue weighted by molar-refractivity contribution is 7.12. The Bertz CT molecular complexity index is 562. The van der Waals surface area contributed by atoms with Crippen molar-refractivity contribution in [3.63, 3.8) is 0 Å². The molecular formula is C14H15F3N2S. The van der Waals surface area contributed by atoms with Gasteiger partial charge < -0.3 is 5.32 Å². The monoisotopic (exact) mass is 300 g/mol. The normalized spacial score (nSPS) is 12.1. The van der Waals surface area contributed by atoms with Crippen LogP contribution in [0.1, 0.15) is 23.7 Å². The summed E-state index contributed by atoms with van der Waals surface area (Å²) in [5.74, 6) is 0. The molecule has 1 heterocycles. The third kappa shape index (κ3) is 3.58. The van der Waals surface area contributed by atoms with Gasteiger partial charge in [0.25, 0.3) is 0 Å². The van der Waals surface area contributed by atoms with Crippen LogP contribution in [0.5, 0.6) is 0 Å². The molecule has 0 amide bonds. The molecule has 0 aliphatic heterocycles. The lowest BCUT2D eigenvalue weighted by Crippen LogP contribution is -2.21. The van der Waals surface area contributed by atoms with E-state index in [0.29, 0.717) is 34.0 Å². The number of benzene rings is 1. The van der Waals surface area contributed by atoms with E-state index in [1.807, 2.05) is 19.9 Å². The molecule has 1 aromatic heterocycles. The summed E-state index contributed by atoms with van der Waals surface area (Å²) in [6.07, 6.45) is -4.40. The zero-order valence-corrected chi connectivity index (χ0v) is 12.0. The molecule has 0 saturated carbocycles. The van der Waals surface area contributed by atoms with Gasteiger partial charge in [0, 0.05) is 23.0 Å². The predicted octanol–water partition coefficient (Wildman–Crippen LogP) is 4.33. The summed E-state index contributed by atoms with van der Waals surface area (Å²) in [7, 11) is 0. The summed E-state index contributed by atoms with van der Waals surface area (Å²) in [6, 6.07) is 9.16. The quantitative estimate of drug-likeness (QED) is 0.909. The summed E-state index contributed by atoms with van der Waals surface area (Å²) < 4.78 is 38.5. The summed E-state index contributed by atoms with van der Waals surface area (Å²) in [5, 5.41) is 2.35. The Morgan fingerprint density at radius 2 is 1.85 bits per heavy atom. The summed E-state index contributed by atoms with van der Waals surface area (Å²) in [6.45, 7) is 4.29. The third-order valence-corrected chi connectivity index (χ3v) is 3.76. The molecule has 1 N–H and O–H groups in total. The van der Waals surface area contributed by atoms with Crippen LogP contribution in [0.25, 0.3) is 11.3 Å². The van der Waals surface area contributed by atoms with Gasteiger partial charge in [0.05, 0.1) is 5.69 Å². The Balaban J connectivity index is 2.40. The summed E-state index contributed by atoms with van der Waals surface area (Å²) >= 11 is 0.705. The van der Waals surface area contributed by atoms with Crippen LogP contribution in [0.15, 0.2) is 30.3 Å². The molecule has 0 saturated heterocycles. The molecule has 0 aliphatic rings. The Kier molecular flexibility index (Phi) is 4.45. The second-order valence-corrected chi connectivity index (χ2v) is 5.77. The molecule has 0 spiro atoms. The van der Waals surface area contributed by atoms with Gasteiger partial charge in [0.1, 0.15) is 0 Å². The first-order chi connectivity index (χ1) is 9.38. The minimum absolute atomic E-state index is 0.204. The first-order valence-corrected chi connectivity index (χ1v) is 7.05. The highest BCUT2D eigenvalue weighted by atomic mass is 32.1. The molecule has 0 atom stereocenters. The molecule has 0 aliphatic carbocycles. The predicted molar refractivity (Wildman–Crippen MR) is 74.5 cm³/mol. The van der Waals surface area contributed by atoms with E-state index in [1.165, 1.54) is 0 Å². The maximum Gasteiger partial charge on any atom is 0.443 e. The number of hydrogen-bond donors (Lipinski definition) is 1. The number of halogens is 3. The number of aromatic nitrogens is 1. The van der Waals surface area contributed by atoms with E-state index in [0.717, 1.165) is 0 Å². The fourth-order valence-electron chi connectivity index (χ4n) is 1.71. The smallest absolute Gasteiger partial charge is 0.310 e. The molecule has 6 heteroatoms. The van der Waals surface area contributed by atoms with Crippen LogP contribution in [0.3, 0.4) is 0 Å². The average Bonchev–Trinajstić information content (AvgIpc) is 2.81. The van der Waals surface area contributed by atoms with Gasteiger partial charge in [-0.25, -0.2) is 4.98 Å². The fourth-order valence-corrected chi connectivity index (χ4v) is 2.61. The van der Waals surface area contributed by atoms with Gasteiger partial charge in [0.15, 0.2) is 5.01 Å². The largest absolute Gasteiger partial charge is 0.443 e. The Morgan fingerprint density at radius 1 is 1.20 bits per heavy atom. The molecule has 0 bridgehead atoms. The van der Waals surface area contributed by atoms with Crippen LogP contribution >= 0.6 is 11.3 Å². The zero-order valence-electron chi connectivity index (χ0n) is 11.2. The second kappa shape index (κ2) is 5.93. The minimum atomic E-state index is -4.40. The fraction of sp³-hybridized carbons (Fsp3) is 0.357. The average molecular weight is 300 g/mol. The van der Waals surface area contributed by atoms with Crippen molar-refractivity contribution < 1.29 is 13.2 Å². The topological polar surface area (TPSA) is 24.9 Å². The van der Waals surface area contributed by atoms with Crippen LogP contribution in [0.2, 0.25) is 0 Å². The number of nitrogens with one attached hydrogen (secondary N) is 1. The van der Waals surface area contributed by atoms with Crippen LogP contribution in [0.4, 0.5) is 13.2 Å². The first kappa shape index (κ1) is 15.0. The number of hydrogen-bond acceptors (Lipinski definition) is 3. The lowest BCUT2D eigenvalue weighted by atomic mass is 10.1. The number of nitrogens with zero attached hydrogens (tertiary/aromatic N) is 1. The molecule has 20 heavy (non-hydrogen) atoms. The first-order valence-electron chi connectivity index (χ1n) is 6.23. The van der Waals surface area contributed by atoms with Gasteiger partial charge in [0.2, 0.25) is 0 Å². The molecule has 0 radical (unpaired) electrons. The van der Waals surface area contributed by atoms with Gasteiger partial charge >= 0.3 is 6.18 Å². The van der Waals surface area contributed by atoms with Gasteiger partial charge in [-0.15, -0.1) is 11.3 Å². The van der Waals surface area contributed by atoms with Crippen molar-refractivity contribution in [1.29, 1.82) is 0 Å². The van der Waals surface area contributed by atoms with Crippen molar-refractivity contribution in [1.82, 2.24) is 10.3 Å². The highest BCUT2D eigenvalue weighted by Gasteiger charge is 2.36. The summed E-state index contributed by atoms with van der Waals surface area (Å²) in [4.78, 5) is 4.39. The Labute approximate surface area is 119 Å². The molecular weight excluding hydrogens is 285 g/mol. The standard InChI is InChI=1S/C14H15F3N2S/c1-9(2)18-8-11-12(10-6-4-3-5-7-10)19-13(20-11)14(15,16)17/h3-7,9,18H,8H2,1-2H3. The Morgan fingerprint density at radius 3 is 2.40 bits per heavy atom. The maximum absolute atomic E-state index is 12.8. The van der Waals surface area contributed by atoms with E-state index in [-0.39, 0.29) is 6.04 Å². The van der Waals surface area contributed by atoms with Gasteiger partial charge in [-0.3, -0.25) is 0 Å². The van der Waals surface area contributed by atoms with E-state index in [9.17, 15) is 13.2 Å². The van der Waals surface area contributed by atoms with E-state index in [2.05, 4.69) is 10.3 Å². The molecule has 108 valence electrons. The van der Waals surface area contributed by atoms with Crippen molar-refractivity contribution in [2.45, 2.75) is 32.6 Å². The number of alkyl halides is 3. The highest BCUT2D eigenvalue weighted by Crippen LogP contribution is 2.37. The van der Waals surface area contributed by atoms with Crippen molar-refractivity contribution >= 4 is 11.3 Å². The van der Waals surface area contributed by atoms with Crippen LogP contribution in [-0.2, 0) is 12.7 Å². The zero-order chi connectivity index (χ0) is 14.8. The van der Waals surface area contributed by atoms with Crippen molar-refractivity contribution in [2.75, 3.05) is 0 Å². The van der Waals surface area contributed by atoms with E-state index < -0.39 is 11.2 Å². The minimum Gasteiger partial charge on any atom is -0.310 e. The third-order valence-electron chi connectivity index (χ3n) is 2.66. The SMILES string of the molecule is CC(C)NCc1sc(C(F)(F)F)nc1-c1ccccc1. The molecule has 0 unspecified atom stereocenters. The second-order valence-electron chi connectivity index (χ2n) is 4.69. The van der Waals surface area contributed by atoms with Gasteiger partial charge in [-0.2, -0.15) is 13.2 Å². The maximum atomic E-state index is 12.8. The van der Waals surface area contributed by atoms with Gasteiger partial charge in [-0.05, 0) is 0 Å². The van der Waals surface area contributed by atoms with Crippen molar-refractivity contribution in [3.05, 3.63) is 40.2 Å². The Hall–Kier alpha value is -1.40. The molecule has 2 aromatic rings. The van der Waals surface area contributed by atoms with Crippen LogP contribution in [0, 0.1) is 0 Å². The molecule has 2 rings (SSSR count). The molecule has 0 fully saturated rings. The van der Waals surface area contributed by atoms with E-state index in [1.54, 1.807) is 24.3 Å². The van der Waals surface area contributed by atoms with Crippen molar-refractivity contribution in [2.24, 2.45) is 0 Å². The van der Waals surface area contributed by atoms with Crippen molar-refractivity contribution in [3.8, 4) is 11.3 Å².